The van der Waals surface area contributed by atoms with Crippen molar-refractivity contribution in [2.75, 3.05) is 15.5 Å². The van der Waals surface area contributed by atoms with Crippen LogP contribution in [0.2, 0.25) is 0 Å². The molecule has 0 bridgehead atoms. The molecule has 3 aliphatic rings. The number of nitrogens with zero attached hydrogens (tertiary/aromatic N) is 5. The Bertz CT molecular complexity index is 1150. The molecule has 4 heterocycles. The van der Waals surface area contributed by atoms with Crippen LogP contribution in [0, 0.1) is 0 Å². The number of nitrogens with one attached hydrogen (secondary N) is 2. The Morgan fingerprint density at radius 3 is 2.41 bits per heavy atom. The van der Waals surface area contributed by atoms with Crippen LogP contribution in [0.5, 0.6) is 0 Å². The topological polar surface area (TPSA) is 95.9 Å². The molecule has 2 saturated carbocycles. The number of amides is 1. The molecular weight excluding hydrogens is 402 g/mol. The second-order valence-electron chi connectivity index (χ2n) is 8.88. The van der Waals surface area contributed by atoms with Crippen molar-refractivity contribution in [1.29, 1.82) is 0 Å². The molecule has 2 N–H and O–H groups in total. The fourth-order valence-electron chi connectivity index (χ4n) is 4.71. The van der Waals surface area contributed by atoms with Gasteiger partial charge in [0, 0.05) is 42.4 Å². The normalized spacial score (nSPS) is 22.1. The van der Waals surface area contributed by atoms with Gasteiger partial charge >= 0.3 is 0 Å². The van der Waals surface area contributed by atoms with Crippen LogP contribution in [0.1, 0.15) is 59.6 Å². The summed E-state index contributed by atoms with van der Waals surface area (Å²) in [5.74, 6) is 2.04. The van der Waals surface area contributed by atoms with Gasteiger partial charge in [0.15, 0.2) is 0 Å². The summed E-state index contributed by atoms with van der Waals surface area (Å²) in [7, 11) is 0. The zero-order valence-electron chi connectivity index (χ0n) is 17.7. The number of hydrogen-bond donors (Lipinski definition) is 2. The van der Waals surface area contributed by atoms with Crippen LogP contribution in [0.3, 0.4) is 0 Å². The highest BCUT2D eigenvalue weighted by Gasteiger charge is 2.32. The predicted molar refractivity (Wildman–Crippen MR) is 122 cm³/mol. The van der Waals surface area contributed by atoms with Gasteiger partial charge < -0.3 is 10.6 Å². The fourth-order valence-corrected chi connectivity index (χ4v) is 4.71. The van der Waals surface area contributed by atoms with Crippen LogP contribution >= 0.6 is 0 Å². The summed E-state index contributed by atoms with van der Waals surface area (Å²) in [4.78, 5) is 32.5. The summed E-state index contributed by atoms with van der Waals surface area (Å²) in [5.41, 5.74) is 3.52. The summed E-state index contributed by atoms with van der Waals surface area (Å²) >= 11 is 0. The second-order valence-corrected chi connectivity index (χ2v) is 8.88. The molecule has 8 heteroatoms. The highest BCUT2D eigenvalue weighted by Crippen LogP contribution is 2.39. The zero-order chi connectivity index (χ0) is 21.5. The van der Waals surface area contributed by atoms with E-state index in [1.165, 1.54) is 18.4 Å². The molecule has 0 spiro atoms. The number of fused-ring (bicyclic) bond motifs is 1. The largest absolute Gasteiger partial charge is 0.366 e. The van der Waals surface area contributed by atoms with E-state index < -0.39 is 0 Å². The van der Waals surface area contributed by atoms with Gasteiger partial charge in [0.2, 0.25) is 5.95 Å². The smallest absolute Gasteiger partial charge is 0.277 e. The van der Waals surface area contributed by atoms with Crippen LogP contribution in [-0.4, -0.2) is 37.9 Å². The van der Waals surface area contributed by atoms with Gasteiger partial charge in [-0.2, -0.15) is 0 Å². The first-order valence-electron chi connectivity index (χ1n) is 11.3. The molecule has 1 amide bonds. The average Bonchev–Trinajstić information content (AvgIpc) is 3.50. The van der Waals surface area contributed by atoms with Gasteiger partial charge in [-0.15, -0.1) is 0 Å². The maximum absolute atomic E-state index is 12.9. The maximum Gasteiger partial charge on any atom is 0.277 e. The standard InChI is InChI=1S/C24H25N7O/c32-23-21-16(3-1-9-25-21)14-31(23)20-4-2-10-26-22(20)29-18-7-8-19(11-18)30-24-27-12-17(13-28-24)15-5-6-15/h1-4,9-10,12-13,15,18-19H,5-8,11,14H2,(H,26,29)(H,27,28,30)/t18-,19-/m0/s1. The summed E-state index contributed by atoms with van der Waals surface area (Å²) in [6.07, 6.45) is 12.8. The molecule has 1 aliphatic heterocycles. The van der Waals surface area contributed by atoms with Gasteiger partial charge in [-0.05, 0) is 61.8 Å². The lowest BCUT2D eigenvalue weighted by molar-refractivity contribution is 0.0992. The van der Waals surface area contributed by atoms with Crippen molar-refractivity contribution >= 4 is 23.4 Å². The van der Waals surface area contributed by atoms with Gasteiger partial charge in [-0.3, -0.25) is 14.7 Å². The minimum atomic E-state index is -0.0746. The minimum absolute atomic E-state index is 0.0746. The number of carbonyl (C=O) groups excluding carboxylic acids is 1. The average molecular weight is 428 g/mol. The van der Waals surface area contributed by atoms with Crippen molar-refractivity contribution in [1.82, 2.24) is 19.9 Å². The molecule has 2 aliphatic carbocycles. The highest BCUT2D eigenvalue weighted by molar-refractivity contribution is 6.09. The van der Waals surface area contributed by atoms with Crippen molar-refractivity contribution in [3.05, 3.63) is 65.9 Å². The lowest BCUT2D eigenvalue weighted by Crippen LogP contribution is -2.27. The SMILES string of the molecule is O=C1c2ncccc2CN1c1cccnc1N[C@H]1CC[C@H](Nc2ncc(C3CC3)cn2)C1. The first-order chi connectivity index (χ1) is 15.7. The molecule has 0 saturated heterocycles. The fraction of sp³-hybridized carbons (Fsp3) is 0.375. The van der Waals surface area contributed by atoms with E-state index in [1.54, 1.807) is 17.3 Å². The van der Waals surface area contributed by atoms with Crippen molar-refractivity contribution < 1.29 is 4.79 Å². The third-order valence-electron chi connectivity index (χ3n) is 6.57. The summed E-state index contributed by atoms with van der Waals surface area (Å²) in [6, 6.07) is 8.21. The first-order valence-corrected chi connectivity index (χ1v) is 11.3. The molecule has 2 fully saturated rings. The van der Waals surface area contributed by atoms with Crippen molar-refractivity contribution in [2.24, 2.45) is 0 Å². The van der Waals surface area contributed by atoms with E-state index in [1.807, 2.05) is 36.7 Å². The monoisotopic (exact) mass is 427 g/mol. The Labute approximate surface area is 186 Å². The van der Waals surface area contributed by atoms with E-state index in [0.717, 1.165) is 36.3 Å². The van der Waals surface area contributed by atoms with Crippen LogP contribution in [0.25, 0.3) is 0 Å². The Morgan fingerprint density at radius 1 is 0.875 bits per heavy atom. The molecule has 162 valence electrons. The van der Waals surface area contributed by atoms with E-state index in [0.29, 0.717) is 30.1 Å². The predicted octanol–water partition coefficient (Wildman–Crippen LogP) is 3.75. The number of rotatable bonds is 6. The Balaban J connectivity index is 1.12. The Hall–Kier alpha value is -3.55. The minimum Gasteiger partial charge on any atom is -0.366 e. The van der Waals surface area contributed by atoms with Gasteiger partial charge in [0.1, 0.15) is 11.5 Å². The summed E-state index contributed by atoms with van der Waals surface area (Å²) in [5, 5.41) is 7.05. The van der Waals surface area contributed by atoms with Gasteiger partial charge in [0.05, 0.1) is 12.2 Å². The molecule has 3 aromatic heterocycles. The Kier molecular flexibility index (Phi) is 4.70. The maximum atomic E-state index is 12.9. The van der Waals surface area contributed by atoms with E-state index in [2.05, 4.69) is 30.6 Å². The van der Waals surface area contributed by atoms with Gasteiger partial charge in [0.25, 0.3) is 5.91 Å². The quantitative estimate of drug-likeness (QED) is 0.618. The molecular formula is C24H25N7O. The molecule has 0 unspecified atom stereocenters. The second kappa shape index (κ2) is 7.85. The third kappa shape index (κ3) is 3.66. The van der Waals surface area contributed by atoms with E-state index in [-0.39, 0.29) is 11.9 Å². The molecule has 6 rings (SSSR count). The van der Waals surface area contributed by atoms with Crippen LogP contribution in [0.4, 0.5) is 17.5 Å². The summed E-state index contributed by atoms with van der Waals surface area (Å²) < 4.78 is 0. The van der Waals surface area contributed by atoms with Crippen LogP contribution in [-0.2, 0) is 6.54 Å². The van der Waals surface area contributed by atoms with Crippen LogP contribution in [0.15, 0.2) is 49.1 Å². The van der Waals surface area contributed by atoms with E-state index in [9.17, 15) is 4.79 Å². The zero-order valence-corrected chi connectivity index (χ0v) is 17.7. The number of hydrogen-bond acceptors (Lipinski definition) is 7. The number of pyridine rings is 2. The lowest BCUT2D eigenvalue weighted by Gasteiger charge is -2.22. The number of anilines is 3. The van der Waals surface area contributed by atoms with Gasteiger partial charge in [-0.1, -0.05) is 6.07 Å². The van der Waals surface area contributed by atoms with Crippen molar-refractivity contribution in [3.8, 4) is 0 Å². The molecule has 0 radical (unpaired) electrons. The van der Waals surface area contributed by atoms with E-state index in [4.69, 9.17) is 0 Å². The molecule has 8 nitrogen and oxygen atoms in total. The van der Waals surface area contributed by atoms with E-state index >= 15 is 0 Å². The van der Waals surface area contributed by atoms with Gasteiger partial charge in [-0.25, -0.2) is 15.0 Å². The van der Waals surface area contributed by atoms with Crippen LogP contribution < -0.4 is 15.5 Å². The first kappa shape index (κ1) is 19.2. The third-order valence-corrected chi connectivity index (χ3v) is 6.57. The highest BCUT2D eigenvalue weighted by atomic mass is 16.2. The summed E-state index contributed by atoms with van der Waals surface area (Å²) in [6.45, 7) is 0.519. The van der Waals surface area contributed by atoms with Crippen molar-refractivity contribution in [3.63, 3.8) is 0 Å². The molecule has 2 atom stereocenters. The number of aromatic nitrogens is 4. The molecule has 0 aromatic carbocycles. The van der Waals surface area contributed by atoms with Crippen molar-refractivity contribution in [2.45, 2.75) is 56.7 Å². The molecule has 32 heavy (non-hydrogen) atoms. The number of carbonyl (C=O) groups is 1. The molecule has 3 aromatic rings. The lowest BCUT2D eigenvalue weighted by atomic mass is 10.2. The Morgan fingerprint density at radius 2 is 1.62 bits per heavy atom.